The highest BCUT2D eigenvalue weighted by Gasteiger charge is 2.26. The summed E-state index contributed by atoms with van der Waals surface area (Å²) in [5, 5.41) is 22.0. The average molecular weight is 363 g/mol. The van der Waals surface area contributed by atoms with Gasteiger partial charge in [-0.1, -0.05) is 23.2 Å². The Labute approximate surface area is 149 Å². The van der Waals surface area contributed by atoms with Crippen molar-refractivity contribution in [3.63, 3.8) is 0 Å². The molecule has 2 aromatic heterocycles. The molecule has 0 fully saturated rings. The van der Waals surface area contributed by atoms with Gasteiger partial charge in [0.25, 0.3) is 0 Å². The van der Waals surface area contributed by atoms with Crippen molar-refractivity contribution in [3.05, 3.63) is 57.8 Å². The highest BCUT2D eigenvalue weighted by atomic mass is 35.5. The molecule has 0 saturated carbocycles. The number of hydrogen-bond acceptors (Lipinski definition) is 2. The number of benzene rings is 1. The quantitative estimate of drug-likeness (QED) is 0.683. The number of rotatable bonds is 2. The lowest BCUT2D eigenvalue weighted by Crippen LogP contribution is -1.98. The number of nitrogens with zero attached hydrogens (tertiary/aromatic N) is 2. The summed E-state index contributed by atoms with van der Waals surface area (Å²) in [4.78, 5) is 0. The zero-order chi connectivity index (χ0) is 16.8. The second kappa shape index (κ2) is 5.80. The molecule has 3 aromatic rings. The fourth-order valence-corrected chi connectivity index (χ4v) is 3.89. The van der Waals surface area contributed by atoms with Crippen molar-refractivity contribution >= 4 is 23.2 Å². The summed E-state index contributed by atoms with van der Waals surface area (Å²) < 4.78 is 3.25. The lowest BCUT2D eigenvalue weighted by molar-refractivity contribution is 0.399. The molecule has 2 N–H and O–H groups in total. The fourth-order valence-electron chi connectivity index (χ4n) is 3.39. The number of fused-ring (bicyclic) bond motifs is 1. The normalized spacial score (nSPS) is 13.9. The standard InChI is InChI=1S/C18H16Cl2N2O2/c19-13-10-16(14(20)9-15(13)21-7-3-4-8-21)22-17(23)11-5-1-2-6-12(11)18(22)24/h3-4,7-10,23-24H,1-2,5-6H2. The van der Waals surface area contributed by atoms with Gasteiger partial charge >= 0.3 is 0 Å². The number of halogens is 2. The Morgan fingerprint density at radius 2 is 1.29 bits per heavy atom. The number of aromatic hydroxyl groups is 2. The van der Waals surface area contributed by atoms with Gasteiger partial charge in [-0.2, -0.15) is 0 Å². The summed E-state index contributed by atoms with van der Waals surface area (Å²) >= 11 is 12.9. The zero-order valence-corrected chi connectivity index (χ0v) is 14.3. The molecule has 1 aliphatic carbocycles. The Balaban J connectivity index is 1.89. The molecule has 4 nitrogen and oxygen atoms in total. The molecule has 0 radical (unpaired) electrons. The first-order valence-electron chi connectivity index (χ1n) is 7.85. The van der Waals surface area contributed by atoms with Gasteiger partial charge in [-0.25, -0.2) is 4.57 Å². The third-order valence-electron chi connectivity index (χ3n) is 4.57. The summed E-state index contributed by atoms with van der Waals surface area (Å²) in [6.45, 7) is 0. The number of hydrogen-bond donors (Lipinski definition) is 2. The molecule has 0 atom stereocenters. The molecule has 1 aliphatic rings. The van der Waals surface area contributed by atoms with E-state index in [0.29, 0.717) is 15.7 Å². The van der Waals surface area contributed by atoms with E-state index in [2.05, 4.69) is 0 Å². The van der Waals surface area contributed by atoms with Crippen LogP contribution in [-0.4, -0.2) is 19.3 Å². The van der Waals surface area contributed by atoms with Crippen LogP contribution in [0.5, 0.6) is 11.8 Å². The lowest BCUT2D eigenvalue weighted by atomic mass is 9.95. The van der Waals surface area contributed by atoms with Crippen LogP contribution >= 0.6 is 23.2 Å². The Hall–Kier alpha value is -2.04. The molecule has 0 saturated heterocycles. The van der Waals surface area contributed by atoms with Crippen LogP contribution in [0, 0.1) is 0 Å². The van der Waals surface area contributed by atoms with Gasteiger partial charge in [-0.05, 0) is 49.9 Å². The van der Waals surface area contributed by atoms with Crippen molar-refractivity contribution in [1.29, 1.82) is 0 Å². The van der Waals surface area contributed by atoms with Gasteiger partial charge in [-0.15, -0.1) is 0 Å². The minimum absolute atomic E-state index is 0.0499. The third-order valence-corrected chi connectivity index (χ3v) is 5.18. The van der Waals surface area contributed by atoms with Gasteiger partial charge in [0.05, 0.1) is 21.4 Å². The summed E-state index contributed by atoms with van der Waals surface area (Å²) in [6, 6.07) is 7.20. The van der Waals surface area contributed by atoms with E-state index < -0.39 is 0 Å². The van der Waals surface area contributed by atoms with Gasteiger partial charge in [0.1, 0.15) is 0 Å². The van der Waals surface area contributed by atoms with Crippen molar-refractivity contribution in [2.45, 2.75) is 25.7 Å². The summed E-state index contributed by atoms with van der Waals surface area (Å²) in [5.74, 6) is 0.0998. The minimum atomic E-state index is 0.0499. The number of aromatic nitrogens is 2. The third kappa shape index (κ3) is 2.29. The Morgan fingerprint density at radius 1 is 0.792 bits per heavy atom. The first kappa shape index (κ1) is 15.5. The van der Waals surface area contributed by atoms with Gasteiger partial charge in [0.2, 0.25) is 11.8 Å². The van der Waals surface area contributed by atoms with E-state index in [-0.39, 0.29) is 11.8 Å². The van der Waals surface area contributed by atoms with Crippen LogP contribution in [0.4, 0.5) is 0 Å². The van der Waals surface area contributed by atoms with Gasteiger partial charge < -0.3 is 14.8 Å². The van der Waals surface area contributed by atoms with Crippen LogP contribution in [0.3, 0.4) is 0 Å². The van der Waals surface area contributed by atoms with E-state index in [0.717, 1.165) is 42.5 Å². The molecule has 0 unspecified atom stereocenters. The van der Waals surface area contributed by atoms with Crippen molar-refractivity contribution in [1.82, 2.24) is 9.13 Å². The second-order valence-corrected chi connectivity index (χ2v) is 6.81. The van der Waals surface area contributed by atoms with Crippen molar-refractivity contribution in [2.24, 2.45) is 0 Å². The zero-order valence-electron chi connectivity index (χ0n) is 12.8. The van der Waals surface area contributed by atoms with Gasteiger partial charge in [0, 0.05) is 23.5 Å². The highest BCUT2D eigenvalue weighted by molar-refractivity contribution is 6.36. The van der Waals surface area contributed by atoms with E-state index >= 15 is 0 Å². The monoisotopic (exact) mass is 362 g/mol. The fraction of sp³-hybridized carbons (Fsp3) is 0.222. The predicted octanol–water partition coefficient (Wildman–Crippen LogP) is 4.86. The van der Waals surface area contributed by atoms with E-state index in [9.17, 15) is 10.2 Å². The molecule has 0 bridgehead atoms. The summed E-state index contributed by atoms with van der Waals surface area (Å²) in [7, 11) is 0. The van der Waals surface area contributed by atoms with Crippen LogP contribution in [-0.2, 0) is 12.8 Å². The molecule has 0 spiro atoms. The van der Waals surface area contributed by atoms with Crippen LogP contribution in [0.1, 0.15) is 24.0 Å². The average Bonchev–Trinajstić information content (AvgIpc) is 3.19. The maximum Gasteiger partial charge on any atom is 0.202 e. The minimum Gasteiger partial charge on any atom is -0.494 e. The topological polar surface area (TPSA) is 50.3 Å². The first-order valence-corrected chi connectivity index (χ1v) is 8.60. The molecule has 6 heteroatoms. The molecule has 24 heavy (non-hydrogen) atoms. The van der Waals surface area contributed by atoms with Crippen LogP contribution in [0.2, 0.25) is 10.0 Å². The van der Waals surface area contributed by atoms with E-state index in [1.165, 1.54) is 4.57 Å². The maximum absolute atomic E-state index is 10.6. The highest BCUT2D eigenvalue weighted by Crippen LogP contribution is 2.43. The largest absolute Gasteiger partial charge is 0.494 e. The summed E-state index contributed by atoms with van der Waals surface area (Å²) in [5.41, 5.74) is 2.83. The predicted molar refractivity (Wildman–Crippen MR) is 95.1 cm³/mol. The van der Waals surface area contributed by atoms with Crippen molar-refractivity contribution in [2.75, 3.05) is 0 Å². The second-order valence-electron chi connectivity index (χ2n) is 5.99. The van der Waals surface area contributed by atoms with Crippen molar-refractivity contribution < 1.29 is 10.2 Å². The van der Waals surface area contributed by atoms with E-state index in [1.54, 1.807) is 12.1 Å². The molecular weight excluding hydrogens is 347 g/mol. The van der Waals surface area contributed by atoms with Gasteiger partial charge in [-0.3, -0.25) is 0 Å². The SMILES string of the molecule is Oc1c2c(c(O)n1-c1cc(Cl)c(-n3cccc3)cc1Cl)CCCC2. The van der Waals surface area contributed by atoms with E-state index in [1.807, 2.05) is 29.1 Å². The molecule has 1 aromatic carbocycles. The Morgan fingerprint density at radius 3 is 1.88 bits per heavy atom. The van der Waals surface area contributed by atoms with Crippen LogP contribution in [0.25, 0.3) is 11.4 Å². The molecular formula is C18H16Cl2N2O2. The van der Waals surface area contributed by atoms with Gasteiger partial charge in [0.15, 0.2) is 0 Å². The molecule has 0 aliphatic heterocycles. The first-order chi connectivity index (χ1) is 11.6. The smallest absolute Gasteiger partial charge is 0.202 e. The maximum atomic E-state index is 10.6. The molecule has 124 valence electrons. The van der Waals surface area contributed by atoms with E-state index in [4.69, 9.17) is 23.2 Å². The summed E-state index contributed by atoms with van der Waals surface area (Å²) in [6.07, 6.45) is 7.28. The van der Waals surface area contributed by atoms with Crippen LogP contribution < -0.4 is 0 Å². The molecule has 4 rings (SSSR count). The van der Waals surface area contributed by atoms with Crippen molar-refractivity contribution in [3.8, 4) is 23.1 Å². The lowest BCUT2D eigenvalue weighted by Gasteiger charge is -2.13. The Kier molecular flexibility index (Phi) is 3.74. The molecule has 0 amide bonds. The van der Waals surface area contributed by atoms with Crippen LogP contribution in [0.15, 0.2) is 36.7 Å². The molecule has 2 heterocycles. The Bertz CT molecular complexity index is 884.